The Morgan fingerprint density at radius 1 is 1.19 bits per heavy atom. The number of piperidine rings is 1. The van der Waals surface area contributed by atoms with E-state index in [9.17, 15) is 9.90 Å². The predicted octanol–water partition coefficient (Wildman–Crippen LogP) is 4.56. The number of aromatic hydroxyl groups is 1. The van der Waals surface area contributed by atoms with Gasteiger partial charge in [-0.1, -0.05) is 31.1 Å². The third-order valence-corrected chi connectivity index (χ3v) is 8.00. The van der Waals surface area contributed by atoms with E-state index >= 15 is 0 Å². The molecule has 2 fully saturated rings. The van der Waals surface area contributed by atoms with Crippen molar-refractivity contribution in [3.05, 3.63) is 53.4 Å². The summed E-state index contributed by atoms with van der Waals surface area (Å²) in [6.07, 6.45) is 5.24. The number of anilines is 1. The molecule has 3 aromatic rings. The molecule has 2 aliphatic heterocycles. The van der Waals surface area contributed by atoms with Crippen LogP contribution in [0.2, 0.25) is 0 Å². The zero-order valence-corrected chi connectivity index (χ0v) is 20.9. The number of nitrogens with one attached hydrogen (secondary N) is 1. The van der Waals surface area contributed by atoms with Gasteiger partial charge in [0.25, 0.3) is 0 Å². The molecule has 0 bridgehead atoms. The molecule has 6 rings (SSSR count). The highest BCUT2D eigenvalue weighted by molar-refractivity contribution is 5.81. The molecular formula is C28H33N5O3. The van der Waals surface area contributed by atoms with Crippen molar-refractivity contribution >= 4 is 11.7 Å². The smallest absolute Gasteiger partial charge is 0.225 e. The molecule has 4 heterocycles. The third-order valence-electron chi connectivity index (χ3n) is 8.00. The zero-order valence-electron chi connectivity index (χ0n) is 20.9. The molecule has 188 valence electrons. The summed E-state index contributed by atoms with van der Waals surface area (Å²) in [5.74, 6) is 3.20. The minimum atomic E-state index is -0.111. The first-order valence-corrected chi connectivity index (χ1v) is 13.1. The molecule has 1 aromatic carbocycles. The lowest BCUT2D eigenvalue weighted by molar-refractivity contribution is -0.141. The summed E-state index contributed by atoms with van der Waals surface area (Å²) < 4.78 is 5.53. The number of carbonyl (C=O) groups excluding carboxylic acids is 1. The van der Waals surface area contributed by atoms with Gasteiger partial charge >= 0.3 is 0 Å². The monoisotopic (exact) mass is 487 g/mol. The lowest BCUT2D eigenvalue weighted by atomic mass is 9.66. The first kappa shape index (κ1) is 23.0. The summed E-state index contributed by atoms with van der Waals surface area (Å²) >= 11 is 0. The van der Waals surface area contributed by atoms with Crippen LogP contribution in [0.5, 0.6) is 5.75 Å². The second-order valence-corrected chi connectivity index (χ2v) is 11.2. The Labute approximate surface area is 211 Å². The average Bonchev–Trinajstić information content (AvgIpc) is 3.47. The fraction of sp³-hybridized carbons (Fsp3) is 0.500. The van der Waals surface area contributed by atoms with Gasteiger partial charge in [0.15, 0.2) is 5.82 Å². The molecule has 8 nitrogen and oxygen atoms in total. The van der Waals surface area contributed by atoms with Gasteiger partial charge in [0.1, 0.15) is 11.5 Å². The Morgan fingerprint density at radius 2 is 1.97 bits per heavy atom. The maximum absolute atomic E-state index is 13.2. The highest BCUT2D eigenvalue weighted by Crippen LogP contribution is 2.48. The van der Waals surface area contributed by atoms with Gasteiger partial charge < -0.3 is 19.8 Å². The van der Waals surface area contributed by atoms with E-state index < -0.39 is 0 Å². The predicted molar refractivity (Wildman–Crippen MR) is 136 cm³/mol. The number of fused-ring (bicyclic) bond motifs is 1. The topological polar surface area (TPSA) is 104 Å². The number of hydrogen-bond donors (Lipinski definition) is 2. The molecule has 1 aliphatic carbocycles. The third kappa shape index (κ3) is 4.22. The number of nitrogens with zero attached hydrogens (tertiary/aromatic N) is 4. The number of hydrogen-bond acceptors (Lipinski definition) is 7. The standard InChI is InChI=1S/C28H33N5O3/c1-17(2)11-21-13-23(32-36-21)18-7-9-33(10-8-18)27(35)20-15-28(16-20)14-19-12-24(30-31-26(19)29-28)22-5-3-4-6-25(22)34/h3-6,12-13,17-18,20,34H,7-11,14-16H2,1-2H3,(H,29,31). The fourth-order valence-electron chi connectivity index (χ4n) is 6.13. The van der Waals surface area contributed by atoms with Crippen LogP contribution in [0, 0.1) is 11.8 Å². The number of rotatable bonds is 5. The van der Waals surface area contributed by atoms with Gasteiger partial charge in [-0.2, -0.15) is 0 Å². The summed E-state index contributed by atoms with van der Waals surface area (Å²) in [5.41, 5.74) is 3.38. The molecule has 1 amide bonds. The molecule has 0 unspecified atom stereocenters. The summed E-state index contributed by atoms with van der Waals surface area (Å²) in [5, 5.41) is 26.7. The van der Waals surface area contributed by atoms with Gasteiger partial charge in [-0.15, -0.1) is 10.2 Å². The maximum Gasteiger partial charge on any atom is 0.225 e. The van der Waals surface area contributed by atoms with Crippen LogP contribution in [0.15, 0.2) is 40.9 Å². The van der Waals surface area contributed by atoms with Crippen LogP contribution in [-0.4, -0.2) is 49.9 Å². The Hall–Kier alpha value is -3.42. The van der Waals surface area contributed by atoms with Crippen molar-refractivity contribution in [3.8, 4) is 17.0 Å². The van der Waals surface area contributed by atoms with Crippen LogP contribution in [0.1, 0.15) is 62.5 Å². The van der Waals surface area contributed by atoms with Crippen LogP contribution < -0.4 is 5.32 Å². The number of likely N-dealkylation sites (tertiary alicyclic amines) is 1. The van der Waals surface area contributed by atoms with Gasteiger partial charge in [-0.05, 0) is 56.2 Å². The van der Waals surface area contributed by atoms with Crippen molar-refractivity contribution in [1.82, 2.24) is 20.3 Å². The van der Waals surface area contributed by atoms with E-state index in [0.717, 1.165) is 74.4 Å². The van der Waals surface area contributed by atoms with Crippen LogP contribution in [-0.2, 0) is 17.6 Å². The number of aromatic nitrogens is 3. The van der Waals surface area contributed by atoms with Crippen molar-refractivity contribution in [3.63, 3.8) is 0 Å². The second-order valence-electron chi connectivity index (χ2n) is 11.2. The molecule has 1 spiro atoms. The molecule has 2 aromatic heterocycles. The lowest BCUT2D eigenvalue weighted by Crippen LogP contribution is -2.55. The molecule has 0 radical (unpaired) electrons. The van der Waals surface area contributed by atoms with E-state index in [0.29, 0.717) is 23.1 Å². The molecule has 1 saturated carbocycles. The Bertz CT molecular complexity index is 1270. The van der Waals surface area contributed by atoms with E-state index in [1.54, 1.807) is 12.1 Å². The normalized spacial score (nSPS) is 23.5. The van der Waals surface area contributed by atoms with Gasteiger partial charge in [0, 0.05) is 54.1 Å². The first-order chi connectivity index (χ1) is 17.4. The first-order valence-electron chi connectivity index (χ1n) is 13.1. The fourth-order valence-corrected chi connectivity index (χ4v) is 6.13. The van der Waals surface area contributed by atoms with Crippen molar-refractivity contribution in [2.45, 2.75) is 63.8 Å². The lowest BCUT2D eigenvalue weighted by Gasteiger charge is -2.46. The van der Waals surface area contributed by atoms with E-state index in [1.165, 1.54) is 0 Å². The van der Waals surface area contributed by atoms with Crippen molar-refractivity contribution in [2.75, 3.05) is 18.4 Å². The van der Waals surface area contributed by atoms with Crippen LogP contribution in [0.25, 0.3) is 11.3 Å². The SMILES string of the molecule is CC(C)Cc1cc(C2CCN(C(=O)C3CC4(Cc5cc(-c6ccccc6O)nnc5N4)C3)CC2)no1. The van der Waals surface area contributed by atoms with Crippen molar-refractivity contribution in [1.29, 1.82) is 0 Å². The van der Waals surface area contributed by atoms with Gasteiger partial charge in [0.2, 0.25) is 5.91 Å². The van der Waals surface area contributed by atoms with Crippen molar-refractivity contribution in [2.24, 2.45) is 11.8 Å². The molecular weight excluding hydrogens is 454 g/mol. The molecule has 8 heteroatoms. The van der Waals surface area contributed by atoms with Crippen LogP contribution >= 0.6 is 0 Å². The number of phenolic OH excluding ortho intramolecular Hbond substituents is 1. The van der Waals surface area contributed by atoms with E-state index in [-0.39, 0.29) is 23.1 Å². The van der Waals surface area contributed by atoms with E-state index in [4.69, 9.17) is 4.52 Å². The van der Waals surface area contributed by atoms with Gasteiger partial charge in [-0.3, -0.25) is 4.79 Å². The van der Waals surface area contributed by atoms with Crippen molar-refractivity contribution < 1.29 is 14.4 Å². The molecule has 2 N–H and O–H groups in total. The number of para-hydroxylation sites is 1. The second kappa shape index (κ2) is 8.91. The summed E-state index contributed by atoms with van der Waals surface area (Å²) in [7, 11) is 0. The van der Waals surface area contributed by atoms with Gasteiger partial charge in [0.05, 0.1) is 11.4 Å². The number of benzene rings is 1. The Kier molecular flexibility index (Phi) is 5.69. The van der Waals surface area contributed by atoms with E-state index in [1.807, 2.05) is 23.1 Å². The molecule has 1 saturated heterocycles. The zero-order chi connectivity index (χ0) is 24.9. The largest absolute Gasteiger partial charge is 0.507 e. The molecule has 3 aliphatic rings. The minimum absolute atomic E-state index is 0.0543. The number of carbonyl (C=O) groups is 1. The maximum atomic E-state index is 13.2. The quantitative estimate of drug-likeness (QED) is 0.544. The molecule has 36 heavy (non-hydrogen) atoms. The van der Waals surface area contributed by atoms with Crippen LogP contribution in [0.3, 0.4) is 0 Å². The van der Waals surface area contributed by atoms with E-state index in [2.05, 4.69) is 40.6 Å². The average molecular weight is 488 g/mol. The highest BCUT2D eigenvalue weighted by atomic mass is 16.5. The molecule has 0 atom stereocenters. The highest BCUT2D eigenvalue weighted by Gasteiger charge is 2.52. The summed E-state index contributed by atoms with van der Waals surface area (Å²) in [4.78, 5) is 15.3. The Balaban J connectivity index is 1.03. The number of amides is 1. The summed E-state index contributed by atoms with van der Waals surface area (Å²) in [6, 6.07) is 11.3. The number of phenols is 1. The Morgan fingerprint density at radius 3 is 2.72 bits per heavy atom. The van der Waals surface area contributed by atoms with Crippen LogP contribution in [0.4, 0.5) is 5.82 Å². The van der Waals surface area contributed by atoms with Gasteiger partial charge in [-0.25, -0.2) is 0 Å². The summed E-state index contributed by atoms with van der Waals surface area (Å²) in [6.45, 7) is 5.92. The minimum Gasteiger partial charge on any atom is -0.507 e.